The van der Waals surface area contributed by atoms with E-state index in [1.165, 1.54) is 28.9 Å². The van der Waals surface area contributed by atoms with Gasteiger partial charge in [0.05, 0.1) is 13.0 Å². The van der Waals surface area contributed by atoms with E-state index in [0.29, 0.717) is 13.0 Å². The highest BCUT2D eigenvalue weighted by Gasteiger charge is 2.36. The SMILES string of the molecule is CCCCOC(=O)Cc1cccc(Sc2ccc3c(c2)C(C)(C)CCC3(C)C)c1. The molecule has 156 valence electrons. The van der Waals surface area contributed by atoms with Crippen LogP contribution in [0.4, 0.5) is 0 Å². The van der Waals surface area contributed by atoms with E-state index in [1.54, 1.807) is 11.8 Å². The number of esters is 1. The maximum atomic E-state index is 12.0. The molecule has 0 N–H and O–H groups in total. The van der Waals surface area contributed by atoms with Crippen molar-refractivity contribution in [1.29, 1.82) is 0 Å². The van der Waals surface area contributed by atoms with Gasteiger partial charge >= 0.3 is 5.97 Å². The first-order chi connectivity index (χ1) is 13.7. The summed E-state index contributed by atoms with van der Waals surface area (Å²) in [4.78, 5) is 14.4. The minimum absolute atomic E-state index is 0.140. The monoisotopic (exact) mass is 410 g/mol. The van der Waals surface area contributed by atoms with Gasteiger partial charge in [0, 0.05) is 9.79 Å². The van der Waals surface area contributed by atoms with Crippen molar-refractivity contribution in [3.63, 3.8) is 0 Å². The Morgan fingerprint density at radius 1 is 0.966 bits per heavy atom. The lowest BCUT2D eigenvalue weighted by atomic mass is 9.63. The number of carbonyl (C=O) groups excluding carboxylic acids is 1. The highest BCUT2D eigenvalue weighted by molar-refractivity contribution is 7.99. The third-order valence-corrected chi connectivity index (χ3v) is 7.05. The summed E-state index contributed by atoms with van der Waals surface area (Å²) in [7, 11) is 0. The molecule has 0 spiro atoms. The first-order valence-electron chi connectivity index (χ1n) is 10.8. The van der Waals surface area contributed by atoms with Gasteiger partial charge < -0.3 is 4.74 Å². The van der Waals surface area contributed by atoms with Crippen LogP contribution in [-0.4, -0.2) is 12.6 Å². The molecule has 0 aromatic heterocycles. The number of hydrogen-bond donors (Lipinski definition) is 0. The first kappa shape index (κ1) is 22.0. The molecule has 0 aliphatic heterocycles. The van der Waals surface area contributed by atoms with Crippen LogP contribution in [0.5, 0.6) is 0 Å². The second kappa shape index (κ2) is 8.95. The molecule has 1 aliphatic rings. The van der Waals surface area contributed by atoms with E-state index in [4.69, 9.17) is 4.74 Å². The molecule has 0 fully saturated rings. The number of rotatable bonds is 7. The lowest BCUT2D eigenvalue weighted by molar-refractivity contribution is -0.142. The zero-order chi connectivity index (χ0) is 21.1. The minimum Gasteiger partial charge on any atom is -0.465 e. The summed E-state index contributed by atoms with van der Waals surface area (Å²) in [5.74, 6) is -0.140. The summed E-state index contributed by atoms with van der Waals surface area (Å²) < 4.78 is 5.30. The molecule has 3 heteroatoms. The van der Waals surface area contributed by atoms with Crippen molar-refractivity contribution in [3.05, 3.63) is 59.2 Å². The van der Waals surface area contributed by atoms with Crippen LogP contribution in [0.1, 0.15) is 77.0 Å². The summed E-state index contributed by atoms with van der Waals surface area (Å²) in [6.07, 6.45) is 4.75. The third kappa shape index (κ3) is 5.45. The maximum absolute atomic E-state index is 12.0. The van der Waals surface area contributed by atoms with Crippen LogP contribution in [0.15, 0.2) is 52.3 Å². The Labute approximate surface area is 180 Å². The number of benzene rings is 2. The molecule has 29 heavy (non-hydrogen) atoms. The van der Waals surface area contributed by atoms with E-state index in [1.807, 2.05) is 12.1 Å². The molecular formula is C26H34O2S. The molecule has 0 saturated carbocycles. The summed E-state index contributed by atoms with van der Waals surface area (Å²) >= 11 is 1.77. The van der Waals surface area contributed by atoms with E-state index >= 15 is 0 Å². The zero-order valence-corrected chi connectivity index (χ0v) is 19.3. The Bertz CT molecular complexity index is 867. The predicted molar refractivity (Wildman–Crippen MR) is 122 cm³/mol. The normalized spacial score (nSPS) is 16.9. The van der Waals surface area contributed by atoms with Crippen LogP contribution in [0, 0.1) is 0 Å². The third-order valence-electron chi connectivity index (χ3n) is 6.07. The minimum atomic E-state index is -0.140. The fourth-order valence-electron chi connectivity index (χ4n) is 4.03. The lowest BCUT2D eigenvalue weighted by Gasteiger charge is -2.42. The van der Waals surface area contributed by atoms with E-state index in [9.17, 15) is 4.79 Å². The lowest BCUT2D eigenvalue weighted by Crippen LogP contribution is -2.33. The standard InChI is InChI=1S/C26H34O2S/c1-6-7-15-28-24(27)17-19-9-8-10-20(16-19)29-21-11-12-22-23(18-21)26(4,5)14-13-25(22,2)3/h8-12,16,18H,6-7,13-15,17H2,1-5H3. The Morgan fingerprint density at radius 3 is 2.38 bits per heavy atom. The second-order valence-corrected chi connectivity index (χ2v) is 10.6. The van der Waals surface area contributed by atoms with Gasteiger partial charge in [0.1, 0.15) is 0 Å². The van der Waals surface area contributed by atoms with Gasteiger partial charge in [0.25, 0.3) is 0 Å². The number of hydrogen-bond acceptors (Lipinski definition) is 3. The Morgan fingerprint density at radius 2 is 1.66 bits per heavy atom. The van der Waals surface area contributed by atoms with Crippen LogP contribution in [0.3, 0.4) is 0 Å². The average molecular weight is 411 g/mol. The van der Waals surface area contributed by atoms with Crippen LogP contribution in [0.2, 0.25) is 0 Å². The molecule has 2 nitrogen and oxygen atoms in total. The van der Waals surface area contributed by atoms with Gasteiger partial charge in [0.15, 0.2) is 0 Å². The van der Waals surface area contributed by atoms with Gasteiger partial charge in [-0.05, 0) is 71.0 Å². The Balaban J connectivity index is 1.75. The van der Waals surface area contributed by atoms with Gasteiger partial charge in [-0.1, -0.05) is 71.0 Å². The summed E-state index contributed by atoms with van der Waals surface area (Å²) in [6.45, 7) is 12.1. The van der Waals surface area contributed by atoms with E-state index < -0.39 is 0 Å². The number of ether oxygens (including phenoxy) is 1. The van der Waals surface area contributed by atoms with Crippen molar-refractivity contribution < 1.29 is 9.53 Å². The topological polar surface area (TPSA) is 26.3 Å². The molecular weight excluding hydrogens is 376 g/mol. The van der Waals surface area contributed by atoms with Crippen molar-refractivity contribution in [3.8, 4) is 0 Å². The van der Waals surface area contributed by atoms with Crippen molar-refractivity contribution in [2.45, 2.75) is 87.3 Å². The molecule has 0 saturated heterocycles. The van der Waals surface area contributed by atoms with Crippen LogP contribution in [-0.2, 0) is 26.8 Å². The highest BCUT2D eigenvalue weighted by atomic mass is 32.2. The molecule has 0 bridgehead atoms. The fraction of sp³-hybridized carbons (Fsp3) is 0.500. The highest BCUT2D eigenvalue weighted by Crippen LogP contribution is 2.47. The molecule has 0 atom stereocenters. The molecule has 0 heterocycles. The van der Waals surface area contributed by atoms with Crippen LogP contribution in [0.25, 0.3) is 0 Å². The molecule has 1 aliphatic carbocycles. The maximum Gasteiger partial charge on any atom is 0.310 e. The van der Waals surface area contributed by atoms with Crippen LogP contribution < -0.4 is 0 Å². The van der Waals surface area contributed by atoms with Gasteiger partial charge in [-0.2, -0.15) is 0 Å². The average Bonchev–Trinajstić information content (AvgIpc) is 2.66. The molecule has 0 amide bonds. The predicted octanol–water partition coefficient (Wildman–Crippen LogP) is 7.07. The van der Waals surface area contributed by atoms with E-state index in [-0.39, 0.29) is 16.8 Å². The zero-order valence-electron chi connectivity index (χ0n) is 18.5. The van der Waals surface area contributed by atoms with E-state index in [0.717, 1.165) is 23.3 Å². The van der Waals surface area contributed by atoms with E-state index in [2.05, 4.69) is 65.0 Å². The summed E-state index contributed by atoms with van der Waals surface area (Å²) in [5.41, 5.74) is 4.43. The number of carbonyl (C=O) groups is 1. The summed E-state index contributed by atoms with van der Waals surface area (Å²) in [5, 5.41) is 0. The Hall–Kier alpha value is -1.74. The van der Waals surface area contributed by atoms with Gasteiger partial charge in [0.2, 0.25) is 0 Å². The van der Waals surface area contributed by atoms with Crippen molar-refractivity contribution in [2.75, 3.05) is 6.61 Å². The van der Waals surface area contributed by atoms with Gasteiger partial charge in [-0.25, -0.2) is 0 Å². The van der Waals surface area contributed by atoms with Gasteiger partial charge in [-0.15, -0.1) is 0 Å². The number of unbranched alkanes of at least 4 members (excludes halogenated alkanes) is 1. The summed E-state index contributed by atoms with van der Waals surface area (Å²) in [6, 6.07) is 15.2. The second-order valence-electron chi connectivity index (χ2n) is 9.48. The molecule has 0 unspecified atom stereocenters. The van der Waals surface area contributed by atoms with Crippen molar-refractivity contribution >= 4 is 17.7 Å². The molecule has 3 rings (SSSR count). The first-order valence-corrected chi connectivity index (χ1v) is 11.6. The quantitative estimate of drug-likeness (QED) is 0.360. The Kier molecular flexibility index (Phi) is 6.78. The fourth-order valence-corrected chi connectivity index (χ4v) is 4.98. The van der Waals surface area contributed by atoms with Crippen LogP contribution >= 0.6 is 11.8 Å². The largest absolute Gasteiger partial charge is 0.465 e. The molecule has 0 radical (unpaired) electrons. The van der Waals surface area contributed by atoms with Crippen molar-refractivity contribution in [1.82, 2.24) is 0 Å². The molecule has 2 aromatic carbocycles. The number of fused-ring (bicyclic) bond motifs is 1. The van der Waals surface area contributed by atoms with Crippen molar-refractivity contribution in [2.24, 2.45) is 0 Å². The molecule has 2 aromatic rings. The van der Waals surface area contributed by atoms with Gasteiger partial charge in [-0.3, -0.25) is 4.79 Å². The smallest absolute Gasteiger partial charge is 0.310 e.